The quantitative estimate of drug-likeness (QED) is 0.375. The fraction of sp³-hybridized carbons (Fsp3) is 0.231. The summed E-state index contributed by atoms with van der Waals surface area (Å²) in [7, 11) is 0. The van der Waals surface area contributed by atoms with E-state index in [2.05, 4.69) is 73.1 Å². The second kappa shape index (κ2) is 6.68. The smallest absolute Gasteiger partial charge is 0.148 e. The molecule has 106 valence electrons. The Labute approximate surface area is 140 Å². The van der Waals surface area contributed by atoms with Gasteiger partial charge in [-0.15, -0.1) is 0 Å². The Morgan fingerprint density at radius 2 is 1.95 bits per heavy atom. The van der Waals surface area contributed by atoms with Crippen LogP contribution in [0.2, 0.25) is 0 Å². The Morgan fingerprint density at radius 3 is 2.60 bits per heavy atom. The molecule has 0 aliphatic carbocycles. The van der Waals surface area contributed by atoms with Crippen molar-refractivity contribution in [3.05, 3.63) is 38.1 Å². The first-order valence-electron chi connectivity index (χ1n) is 6.06. The molecule has 5 nitrogen and oxygen atoms in total. The number of nitrogens with zero attached hydrogens (tertiary/aromatic N) is 2. The number of nitrogen functional groups attached to an aromatic ring is 1. The average molecular weight is 448 g/mol. The van der Waals surface area contributed by atoms with Crippen LogP contribution in [-0.2, 0) is 0 Å². The van der Waals surface area contributed by atoms with Crippen molar-refractivity contribution < 1.29 is 0 Å². The van der Waals surface area contributed by atoms with Gasteiger partial charge in [-0.25, -0.2) is 15.8 Å². The number of halogens is 2. The van der Waals surface area contributed by atoms with Gasteiger partial charge in [0, 0.05) is 13.6 Å². The van der Waals surface area contributed by atoms with Gasteiger partial charge in [0.25, 0.3) is 0 Å². The lowest BCUT2D eigenvalue weighted by molar-refractivity contribution is 0.850. The Morgan fingerprint density at radius 1 is 1.25 bits per heavy atom. The lowest BCUT2D eigenvalue weighted by Crippen LogP contribution is -2.14. The maximum Gasteiger partial charge on any atom is 0.148 e. The Kier molecular flexibility index (Phi) is 5.17. The van der Waals surface area contributed by atoms with Crippen LogP contribution in [-0.4, -0.2) is 9.97 Å². The number of aromatic nitrogens is 2. The molecule has 2 rings (SSSR count). The normalized spacial score (nSPS) is 10.7. The summed E-state index contributed by atoms with van der Waals surface area (Å²) < 4.78 is 2.12. The van der Waals surface area contributed by atoms with Gasteiger partial charge in [0.05, 0.1) is 5.69 Å². The summed E-state index contributed by atoms with van der Waals surface area (Å²) in [4.78, 5) is 8.50. The molecule has 7 heteroatoms. The van der Waals surface area contributed by atoms with E-state index in [1.54, 1.807) is 0 Å². The molecule has 0 amide bonds. The van der Waals surface area contributed by atoms with E-state index in [9.17, 15) is 0 Å². The van der Waals surface area contributed by atoms with Gasteiger partial charge in [0.15, 0.2) is 0 Å². The molecular weight excluding hydrogens is 433 g/mol. The fourth-order valence-electron chi connectivity index (χ4n) is 1.88. The first-order valence-corrected chi connectivity index (χ1v) is 7.93. The summed E-state index contributed by atoms with van der Waals surface area (Å²) in [6.45, 7) is 4.16. The van der Waals surface area contributed by atoms with Crippen molar-refractivity contribution in [3.8, 4) is 0 Å². The molecule has 4 N–H and O–H groups in total. The number of hydrogen-bond acceptors (Lipinski definition) is 5. The van der Waals surface area contributed by atoms with Gasteiger partial charge in [-0.1, -0.05) is 29.8 Å². The van der Waals surface area contributed by atoms with Crippen LogP contribution in [0, 0.1) is 3.57 Å². The minimum absolute atomic E-state index is 0.245. The van der Waals surface area contributed by atoms with Gasteiger partial charge >= 0.3 is 0 Å². The summed E-state index contributed by atoms with van der Waals surface area (Å²) in [5.41, 5.74) is 4.58. The van der Waals surface area contributed by atoms with E-state index < -0.39 is 0 Å². The predicted octanol–water partition coefficient (Wildman–Crippen LogP) is 4.00. The monoisotopic (exact) mass is 447 g/mol. The number of anilines is 3. The molecule has 0 saturated heterocycles. The second-order valence-corrected chi connectivity index (χ2v) is 6.61. The number of hydrogen-bond donors (Lipinski definition) is 3. The third-order valence-corrected chi connectivity index (χ3v) is 4.21. The van der Waals surface area contributed by atoms with Gasteiger partial charge in [0.2, 0.25) is 0 Å². The van der Waals surface area contributed by atoms with Crippen molar-refractivity contribution in [2.24, 2.45) is 5.84 Å². The third kappa shape index (κ3) is 3.39. The minimum Gasteiger partial charge on any atom is -0.339 e. The number of nitrogens with one attached hydrogen (secondary N) is 2. The molecule has 0 bridgehead atoms. The summed E-state index contributed by atoms with van der Waals surface area (Å²) in [5.74, 6) is 7.18. The van der Waals surface area contributed by atoms with E-state index >= 15 is 0 Å². The van der Waals surface area contributed by atoms with Crippen LogP contribution in [0.25, 0.3) is 0 Å². The highest BCUT2D eigenvalue weighted by molar-refractivity contribution is 14.1. The Bertz CT molecular complexity index is 618. The van der Waals surface area contributed by atoms with Crippen LogP contribution >= 0.6 is 38.5 Å². The Balaban J connectivity index is 2.45. The van der Waals surface area contributed by atoms with Crippen molar-refractivity contribution in [1.82, 2.24) is 9.97 Å². The molecule has 1 aromatic heterocycles. The van der Waals surface area contributed by atoms with E-state index in [0.717, 1.165) is 25.1 Å². The van der Waals surface area contributed by atoms with Crippen molar-refractivity contribution >= 4 is 55.8 Å². The molecule has 0 radical (unpaired) electrons. The van der Waals surface area contributed by atoms with E-state index in [0.29, 0.717) is 5.82 Å². The standard InChI is InChI=1S/C13H15BrIN5/c1-7(2)11-12(17-6-18-13(11)20-16)19-10-5-8(14)3-4-9(10)15/h3-7H,16H2,1-2H3,(H2,17,18,19,20). The number of rotatable bonds is 4. The molecule has 0 spiro atoms. The predicted molar refractivity (Wildman–Crippen MR) is 94.1 cm³/mol. The van der Waals surface area contributed by atoms with Gasteiger partial charge in [-0.05, 0) is 46.7 Å². The average Bonchev–Trinajstić information content (AvgIpc) is 2.42. The highest BCUT2D eigenvalue weighted by Gasteiger charge is 2.15. The maximum atomic E-state index is 5.53. The van der Waals surface area contributed by atoms with Crippen molar-refractivity contribution in [3.63, 3.8) is 0 Å². The summed E-state index contributed by atoms with van der Waals surface area (Å²) in [6.07, 6.45) is 1.49. The van der Waals surface area contributed by atoms with Crippen LogP contribution in [0.1, 0.15) is 25.3 Å². The molecule has 0 saturated carbocycles. The van der Waals surface area contributed by atoms with E-state index in [1.165, 1.54) is 6.33 Å². The molecule has 20 heavy (non-hydrogen) atoms. The molecule has 2 aromatic rings. The largest absolute Gasteiger partial charge is 0.339 e. The number of nitrogens with two attached hydrogens (primary N) is 1. The maximum absolute atomic E-state index is 5.53. The summed E-state index contributed by atoms with van der Waals surface area (Å²) in [6, 6.07) is 6.05. The number of hydrazine groups is 1. The van der Waals surface area contributed by atoms with Crippen molar-refractivity contribution in [2.45, 2.75) is 19.8 Å². The van der Waals surface area contributed by atoms with Gasteiger partial charge in [0.1, 0.15) is 18.0 Å². The highest BCUT2D eigenvalue weighted by Crippen LogP contribution is 2.32. The van der Waals surface area contributed by atoms with E-state index in [-0.39, 0.29) is 5.92 Å². The van der Waals surface area contributed by atoms with Crippen molar-refractivity contribution in [1.29, 1.82) is 0 Å². The topological polar surface area (TPSA) is 75.9 Å². The van der Waals surface area contributed by atoms with Gasteiger partial charge in [-0.2, -0.15) is 0 Å². The summed E-state index contributed by atoms with van der Waals surface area (Å²) in [5, 5.41) is 3.35. The molecule has 1 aromatic carbocycles. The van der Waals surface area contributed by atoms with E-state index in [4.69, 9.17) is 5.84 Å². The molecule has 0 aliphatic heterocycles. The van der Waals surface area contributed by atoms with Gasteiger partial charge in [-0.3, -0.25) is 0 Å². The number of benzene rings is 1. The van der Waals surface area contributed by atoms with E-state index in [1.807, 2.05) is 18.2 Å². The Hall–Kier alpha value is -0.930. The first kappa shape index (κ1) is 15.5. The minimum atomic E-state index is 0.245. The SMILES string of the molecule is CC(C)c1c(NN)ncnc1Nc1cc(Br)ccc1I. The molecule has 1 heterocycles. The lowest BCUT2D eigenvalue weighted by atomic mass is 10.0. The van der Waals surface area contributed by atoms with Crippen LogP contribution < -0.4 is 16.6 Å². The zero-order valence-corrected chi connectivity index (χ0v) is 14.9. The molecule has 0 atom stereocenters. The zero-order chi connectivity index (χ0) is 14.7. The van der Waals surface area contributed by atoms with Crippen LogP contribution in [0.5, 0.6) is 0 Å². The molecular formula is C13H15BrIN5. The summed E-state index contributed by atoms with van der Waals surface area (Å²) >= 11 is 5.76. The van der Waals surface area contributed by atoms with Crippen molar-refractivity contribution in [2.75, 3.05) is 10.7 Å². The zero-order valence-electron chi connectivity index (χ0n) is 11.1. The first-order chi connectivity index (χ1) is 9.52. The van der Waals surface area contributed by atoms with Crippen LogP contribution in [0.3, 0.4) is 0 Å². The van der Waals surface area contributed by atoms with Gasteiger partial charge < -0.3 is 10.7 Å². The molecule has 0 aliphatic rings. The third-order valence-electron chi connectivity index (χ3n) is 2.78. The highest BCUT2D eigenvalue weighted by atomic mass is 127. The molecule has 0 fully saturated rings. The lowest BCUT2D eigenvalue weighted by Gasteiger charge is -2.17. The fourth-order valence-corrected chi connectivity index (χ4v) is 2.71. The second-order valence-electron chi connectivity index (χ2n) is 4.53. The molecule has 0 unspecified atom stereocenters. The van der Waals surface area contributed by atoms with Crippen LogP contribution in [0.4, 0.5) is 17.3 Å². The van der Waals surface area contributed by atoms with Crippen LogP contribution in [0.15, 0.2) is 29.0 Å².